The molecule has 0 aliphatic rings. The second-order valence-corrected chi connectivity index (χ2v) is 7.97. The fourth-order valence-electron chi connectivity index (χ4n) is 1.15. The molecule has 96 valence electrons. The molecule has 0 spiro atoms. The van der Waals surface area contributed by atoms with Gasteiger partial charge in [-0.25, -0.2) is 0 Å². The van der Waals surface area contributed by atoms with Crippen molar-refractivity contribution in [1.82, 2.24) is 0 Å². The summed E-state index contributed by atoms with van der Waals surface area (Å²) in [6.07, 6.45) is 0.151. The minimum absolute atomic E-state index is 0.308. The van der Waals surface area contributed by atoms with Gasteiger partial charge in [0.05, 0.1) is 0 Å². The van der Waals surface area contributed by atoms with Crippen LogP contribution in [0.2, 0.25) is 0 Å². The maximum absolute atomic E-state index is 12.1. The van der Waals surface area contributed by atoms with Gasteiger partial charge in [-0.05, 0) is 0 Å². The number of hydrogen-bond acceptors (Lipinski definition) is 7. The maximum Gasteiger partial charge on any atom is 0.345 e. The van der Waals surface area contributed by atoms with E-state index < -0.39 is 20.6 Å². The van der Waals surface area contributed by atoms with Gasteiger partial charge < -0.3 is 22.9 Å². The monoisotopic (exact) mass is 274 g/mol. The van der Waals surface area contributed by atoms with Crippen molar-refractivity contribution in [2.75, 3.05) is 28.4 Å². The predicted octanol–water partition coefficient (Wildman–Crippen LogP) is 1.87. The van der Waals surface area contributed by atoms with E-state index in [1.807, 2.05) is 0 Å². The number of carbonyl (C=O) groups excluding carboxylic acids is 1. The first-order valence-electron chi connectivity index (χ1n) is 4.30. The van der Waals surface area contributed by atoms with E-state index in [1.165, 1.54) is 0 Å². The highest BCUT2D eigenvalue weighted by atomic mass is 31.2. The average molecular weight is 274 g/mol. The number of carbonyl (C=O) groups is 1. The van der Waals surface area contributed by atoms with Gasteiger partial charge in [-0.1, -0.05) is 0 Å². The van der Waals surface area contributed by atoms with Crippen LogP contribution in [0.5, 0.6) is 0 Å². The van der Waals surface area contributed by atoms with Gasteiger partial charge in [0.15, 0.2) is 5.40 Å². The third-order valence-corrected chi connectivity index (χ3v) is 7.67. The fraction of sp³-hybridized carbons (Fsp3) is 0.857. The first-order chi connectivity index (χ1) is 7.44. The van der Waals surface area contributed by atoms with Crippen LogP contribution in [0.4, 0.5) is 0 Å². The molecule has 7 nitrogen and oxygen atoms in total. The van der Waals surface area contributed by atoms with Gasteiger partial charge in [0.2, 0.25) is 0 Å². The molecule has 16 heavy (non-hydrogen) atoms. The number of hydrogen-bond donors (Lipinski definition) is 0. The zero-order valence-corrected chi connectivity index (χ0v) is 11.4. The summed E-state index contributed by atoms with van der Waals surface area (Å²) < 4.78 is 42.9. The molecule has 0 aromatic heterocycles. The summed E-state index contributed by atoms with van der Waals surface area (Å²) in [5.74, 6) is 0. The Morgan fingerprint density at radius 2 is 1.25 bits per heavy atom. The van der Waals surface area contributed by atoms with Crippen molar-refractivity contribution in [1.29, 1.82) is 0 Å². The summed E-state index contributed by atoms with van der Waals surface area (Å²) in [5.41, 5.74) is 0. The average Bonchev–Trinajstić information content (AvgIpc) is 2.34. The molecule has 0 saturated heterocycles. The summed E-state index contributed by atoms with van der Waals surface area (Å²) in [4.78, 5) is 10.5. The van der Waals surface area contributed by atoms with Gasteiger partial charge in [0.25, 0.3) is 0 Å². The van der Waals surface area contributed by atoms with E-state index in [0.717, 1.165) is 28.4 Å². The van der Waals surface area contributed by atoms with Crippen LogP contribution in [0.1, 0.15) is 6.42 Å². The molecule has 0 N–H and O–H groups in total. The molecule has 0 heterocycles. The van der Waals surface area contributed by atoms with Gasteiger partial charge in [0, 0.05) is 34.9 Å². The zero-order chi connectivity index (χ0) is 12.8. The molecule has 0 rings (SSSR count). The predicted molar refractivity (Wildman–Crippen MR) is 57.7 cm³/mol. The summed E-state index contributed by atoms with van der Waals surface area (Å²) >= 11 is 0. The Balaban J connectivity index is 5.37. The van der Waals surface area contributed by atoms with Crippen molar-refractivity contribution in [3.8, 4) is 0 Å². The van der Waals surface area contributed by atoms with Crippen LogP contribution in [-0.2, 0) is 32.0 Å². The lowest BCUT2D eigenvalue weighted by Crippen LogP contribution is -2.15. The molecule has 0 aliphatic carbocycles. The van der Waals surface area contributed by atoms with Crippen LogP contribution in [0.3, 0.4) is 0 Å². The van der Waals surface area contributed by atoms with Gasteiger partial charge >= 0.3 is 15.2 Å². The third kappa shape index (κ3) is 3.23. The standard InChI is InChI=1S/C7H16O7P2/c1-11-15(9,12-2)7(5-6-8)16(10,13-3)14-4/h6-7H,5H2,1-4H3. The number of rotatable bonds is 8. The van der Waals surface area contributed by atoms with Crippen LogP contribution in [0.25, 0.3) is 0 Å². The smallest absolute Gasteiger partial charge is 0.311 e. The maximum atomic E-state index is 12.1. The van der Waals surface area contributed by atoms with Gasteiger partial charge in [-0.2, -0.15) is 0 Å². The van der Waals surface area contributed by atoms with E-state index >= 15 is 0 Å². The molecule has 0 aliphatic heterocycles. The summed E-state index contributed by atoms with van der Waals surface area (Å²) in [6.45, 7) is 0. The Morgan fingerprint density at radius 1 is 0.938 bits per heavy atom. The van der Waals surface area contributed by atoms with Crippen LogP contribution in [0.15, 0.2) is 0 Å². The Kier molecular flexibility index (Phi) is 6.63. The van der Waals surface area contributed by atoms with Crippen molar-refractivity contribution in [2.45, 2.75) is 11.8 Å². The Labute approximate surface area is 94.5 Å². The van der Waals surface area contributed by atoms with Gasteiger partial charge in [-0.15, -0.1) is 0 Å². The van der Waals surface area contributed by atoms with Gasteiger partial charge in [-0.3, -0.25) is 9.13 Å². The van der Waals surface area contributed by atoms with Crippen molar-refractivity contribution >= 4 is 21.5 Å². The van der Waals surface area contributed by atoms with E-state index in [4.69, 9.17) is 18.1 Å². The lowest BCUT2D eigenvalue weighted by molar-refractivity contribution is -0.107. The summed E-state index contributed by atoms with van der Waals surface area (Å²) in [5, 5.41) is -1.26. The van der Waals surface area contributed by atoms with E-state index in [2.05, 4.69) is 0 Å². The quantitative estimate of drug-likeness (QED) is 0.493. The fourth-order valence-corrected chi connectivity index (χ4v) is 5.63. The Morgan fingerprint density at radius 3 is 1.44 bits per heavy atom. The van der Waals surface area contributed by atoms with Crippen LogP contribution >= 0.6 is 15.2 Å². The van der Waals surface area contributed by atoms with Crippen LogP contribution in [-0.4, -0.2) is 40.1 Å². The molecule has 0 aromatic carbocycles. The number of aldehydes is 1. The van der Waals surface area contributed by atoms with Crippen molar-refractivity contribution < 1.29 is 32.0 Å². The van der Waals surface area contributed by atoms with Crippen molar-refractivity contribution in [3.63, 3.8) is 0 Å². The molecular formula is C7H16O7P2. The van der Waals surface area contributed by atoms with E-state index in [0.29, 0.717) is 6.29 Å². The Bertz CT molecular complexity index is 274. The van der Waals surface area contributed by atoms with E-state index in [-0.39, 0.29) is 6.42 Å². The second kappa shape index (κ2) is 6.64. The zero-order valence-electron chi connectivity index (χ0n) is 9.61. The summed E-state index contributed by atoms with van der Waals surface area (Å²) in [6, 6.07) is 0. The van der Waals surface area contributed by atoms with Gasteiger partial charge in [0.1, 0.15) is 6.29 Å². The van der Waals surface area contributed by atoms with E-state index in [1.54, 1.807) is 0 Å². The largest absolute Gasteiger partial charge is 0.345 e. The van der Waals surface area contributed by atoms with Crippen LogP contribution < -0.4 is 0 Å². The Hall–Kier alpha value is -0.0300. The molecule has 0 bridgehead atoms. The highest BCUT2D eigenvalue weighted by Gasteiger charge is 2.48. The molecule has 0 unspecified atom stereocenters. The first kappa shape index (κ1) is 16.0. The molecule has 0 aromatic rings. The molecule has 0 atom stereocenters. The highest BCUT2D eigenvalue weighted by molar-refractivity contribution is 7.72. The SMILES string of the molecule is COP(=O)(OC)C(CC=O)P(=O)(OC)OC. The van der Waals surface area contributed by atoms with Crippen LogP contribution in [0, 0.1) is 0 Å². The van der Waals surface area contributed by atoms with Crippen molar-refractivity contribution in [3.05, 3.63) is 0 Å². The minimum Gasteiger partial charge on any atom is -0.311 e. The third-order valence-electron chi connectivity index (χ3n) is 2.06. The molecular weight excluding hydrogens is 258 g/mol. The normalized spacial score (nSPS) is 13.1. The van der Waals surface area contributed by atoms with Crippen molar-refractivity contribution in [2.24, 2.45) is 0 Å². The summed E-state index contributed by atoms with van der Waals surface area (Å²) in [7, 11) is -2.87. The molecule has 0 amide bonds. The molecule has 0 radical (unpaired) electrons. The molecule has 0 saturated carbocycles. The van der Waals surface area contributed by atoms with E-state index in [9.17, 15) is 13.9 Å². The topological polar surface area (TPSA) is 88.1 Å². The lowest BCUT2D eigenvalue weighted by atomic mass is 10.5. The highest BCUT2D eigenvalue weighted by Crippen LogP contribution is 2.70. The lowest BCUT2D eigenvalue weighted by Gasteiger charge is -2.27. The second-order valence-electron chi connectivity index (χ2n) is 2.69. The minimum atomic E-state index is -3.71. The molecule has 9 heteroatoms. The first-order valence-corrected chi connectivity index (χ1v) is 7.52. The molecule has 0 fully saturated rings.